The topological polar surface area (TPSA) is 66.0 Å². The number of pyridine rings is 1. The molecule has 0 spiro atoms. The van der Waals surface area contributed by atoms with Gasteiger partial charge in [-0.15, -0.1) is 0 Å². The Hall–Kier alpha value is -1.88. The summed E-state index contributed by atoms with van der Waals surface area (Å²) in [6, 6.07) is 11.7. The van der Waals surface area contributed by atoms with E-state index in [2.05, 4.69) is 33.0 Å². The Morgan fingerprint density at radius 1 is 1.32 bits per heavy atom. The van der Waals surface area contributed by atoms with Gasteiger partial charge in [0.2, 0.25) is 0 Å². The van der Waals surface area contributed by atoms with Gasteiger partial charge in [-0.05, 0) is 29.8 Å². The minimum atomic E-state index is 0.0331. The lowest BCUT2D eigenvalue weighted by Gasteiger charge is -2.20. The molecule has 0 aliphatic heterocycles. The van der Waals surface area contributed by atoms with Gasteiger partial charge in [-0.1, -0.05) is 28.1 Å². The predicted molar refractivity (Wildman–Crippen MR) is 81.5 cm³/mol. The molecule has 0 fully saturated rings. The molecule has 98 valence electrons. The van der Waals surface area contributed by atoms with E-state index in [-0.39, 0.29) is 5.84 Å². The molecular weight excluding hydrogens is 304 g/mol. The van der Waals surface area contributed by atoms with Gasteiger partial charge >= 0.3 is 0 Å². The molecule has 0 amide bonds. The maximum Gasteiger partial charge on any atom is 0.139 e. The fourth-order valence-corrected chi connectivity index (χ4v) is 2.11. The predicted octanol–water partition coefficient (Wildman–Crippen LogP) is 2.76. The van der Waals surface area contributed by atoms with Crippen LogP contribution in [0.3, 0.4) is 0 Å². The van der Waals surface area contributed by atoms with Crippen LogP contribution < -0.4 is 10.6 Å². The molecule has 1 aromatic heterocycles. The zero-order chi connectivity index (χ0) is 13.8. The molecule has 0 bridgehead atoms. The van der Waals surface area contributed by atoms with Crippen molar-refractivity contribution in [3.8, 4) is 0 Å². The van der Waals surface area contributed by atoms with Crippen molar-refractivity contribution in [2.75, 3.05) is 11.9 Å². The van der Waals surface area contributed by atoms with Crippen molar-refractivity contribution in [3.05, 3.63) is 58.2 Å². The molecule has 0 aliphatic carbocycles. The number of halogens is 1. The van der Waals surface area contributed by atoms with E-state index < -0.39 is 0 Å². The first-order chi connectivity index (χ1) is 9.08. The lowest BCUT2D eigenvalue weighted by atomic mass is 10.2. The molecule has 0 unspecified atom stereocenters. The second-order valence-electron chi connectivity index (χ2n) is 4.27. The van der Waals surface area contributed by atoms with Crippen LogP contribution in [0.1, 0.15) is 11.1 Å². The molecule has 0 saturated heterocycles. The second-order valence-corrected chi connectivity index (χ2v) is 5.19. The summed E-state index contributed by atoms with van der Waals surface area (Å²) < 4.78 is 1.06. The molecule has 4 nitrogen and oxygen atoms in total. The maximum absolute atomic E-state index is 7.58. The number of rotatable bonds is 4. The molecule has 3 N–H and O–H groups in total. The van der Waals surface area contributed by atoms with Gasteiger partial charge in [0.05, 0.1) is 5.56 Å². The van der Waals surface area contributed by atoms with Gasteiger partial charge in [0.1, 0.15) is 11.7 Å². The number of nitrogens with one attached hydrogen (secondary N) is 1. The van der Waals surface area contributed by atoms with Gasteiger partial charge in [-0.3, -0.25) is 5.41 Å². The average Bonchev–Trinajstić information content (AvgIpc) is 2.41. The van der Waals surface area contributed by atoms with Crippen molar-refractivity contribution in [1.29, 1.82) is 5.41 Å². The summed E-state index contributed by atoms with van der Waals surface area (Å²) in [4.78, 5) is 6.30. The van der Waals surface area contributed by atoms with Crippen LogP contribution in [0.2, 0.25) is 0 Å². The Morgan fingerprint density at radius 2 is 2.00 bits per heavy atom. The normalized spacial score (nSPS) is 10.2. The van der Waals surface area contributed by atoms with Crippen molar-refractivity contribution in [3.63, 3.8) is 0 Å². The molecule has 19 heavy (non-hydrogen) atoms. The van der Waals surface area contributed by atoms with Gasteiger partial charge in [0.15, 0.2) is 0 Å². The van der Waals surface area contributed by atoms with E-state index in [4.69, 9.17) is 11.1 Å². The number of hydrogen-bond donors (Lipinski definition) is 2. The number of anilines is 1. The van der Waals surface area contributed by atoms with E-state index in [1.165, 1.54) is 5.56 Å². The fourth-order valence-electron chi connectivity index (χ4n) is 1.85. The third kappa shape index (κ3) is 3.32. The van der Waals surface area contributed by atoms with Crippen LogP contribution in [0.4, 0.5) is 5.82 Å². The summed E-state index contributed by atoms with van der Waals surface area (Å²) >= 11 is 3.42. The number of nitrogens with zero attached hydrogens (tertiary/aromatic N) is 2. The van der Waals surface area contributed by atoms with E-state index in [1.54, 1.807) is 12.3 Å². The summed E-state index contributed by atoms with van der Waals surface area (Å²) in [5.74, 6) is 0.753. The first kappa shape index (κ1) is 13.5. The number of hydrogen-bond acceptors (Lipinski definition) is 3. The molecule has 2 aromatic rings. The first-order valence-electron chi connectivity index (χ1n) is 5.83. The largest absolute Gasteiger partial charge is 0.384 e. The van der Waals surface area contributed by atoms with Crippen LogP contribution in [0.5, 0.6) is 0 Å². The van der Waals surface area contributed by atoms with E-state index in [1.807, 2.05) is 30.1 Å². The van der Waals surface area contributed by atoms with Gasteiger partial charge < -0.3 is 10.6 Å². The summed E-state index contributed by atoms with van der Waals surface area (Å²) in [7, 11) is 1.94. The van der Waals surface area contributed by atoms with Crippen molar-refractivity contribution in [2.45, 2.75) is 6.54 Å². The van der Waals surface area contributed by atoms with Crippen molar-refractivity contribution < 1.29 is 0 Å². The monoisotopic (exact) mass is 318 g/mol. The highest BCUT2D eigenvalue weighted by atomic mass is 79.9. The minimum Gasteiger partial charge on any atom is -0.384 e. The first-order valence-corrected chi connectivity index (χ1v) is 6.62. The van der Waals surface area contributed by atoms with Gasteiger partial charge in [0, 0.05) is 24.3 Å². The summed E-state index contributed by atoms with van der Waals surface area (Å²) in [6.07, 6.45) is 1.71. The van der Waals surface area contributed by atoms with Gasteiger partial charge in [0.25, 0.3) is 0 Å². The lowest BCUT2D eigenvalue weighted by molar-refractivity contribution is 0.895. The third-order valence-electron chi connectivity index (χ3n) is 2.77. The molecule has 1 heterocycles. The van der Waals surface area contributed by atoms with Crippen LogP contribution in [-0.2, 0) is 6.54 Å². The zero-order valence-corrected chi connectivity index (χ0v) is 12.2. The van der Waals surface area contributed by atoms with E-state index in [0.29, 0.717) is 12.1 Å². The molecule has 2 rings (SSSR count). The molecule has 1 aromatic carbocycles. The molecular formula is C14H15BrN4. The molecule has 0 atom stereocenters. The smallest absolute Gasteiger partial charge is 0.139 e. The quantitative estimate of drug-likeness (QED) is 0.673. The van der Waals surface area contributed by atoms with Crippen LogP contribution in [0.25, 0.3) is 0 Å². The Kier molecular flexibility index (Phi) is 4.16. The number of benzene rings is 1. The van der Waals surface area contributed by atoms with Crippen LogP contribution in [-0.4, -0.2) is 17.9 Å². The zero-order valence-electron chi connectivity index (χ0n) is 10.6. The Morgan fingerprint density at radius 3 is 2.63 bits per heavy atom. The van der Waals surface area contributed by atoms with Gasteiger partial charge in [-0.2, -0.15) is 0 Å². The molecule has 5 heteroatoms. The van der Waals surface area contributed by atoms with Crippen LogP contribution in [0, 0.1) is 5.41 Å². The minimum absolute atomic E-state index is 0.0331. The second kappa shape index (κ2) is 5.84. The molecule has 0 saturated carbocycles. The number of aromatic nitrogens is 1. The van der Waals surface area contributed by atoms with Crippen LogP contribution in [0.15, 0.2) is 47.1 Å². The molecule has 0 aliphatic rings. The van der Waals surface area contributed by atoms with Crippen molar-refractivity contribution >= 4 is 27.6 Å². The van der Waals surface area contributed by atoms with E-state index in [0.717, 1.165) is 10.3 Å². The molecule has 0 radical (unpaired) electrons. The van der Waals surface area contributed by atoms with Crippen LogP contribution >= 0.6 is 15.9 Å². The highest BCUT2D eigenvalue weighted by molar-refractivity contribution is 9.10. The van der Waals surface area contributed by atoms with E-state index >= 15 is 0 Å². The fraction of sp³-hybridized carbons (Fsp3) is 0.143. The summed E-state index contributed by atoms with van der Waals surface area (Å²) in [5.41, 5.74) is 7.40. The Labute approximate surface area is 120 Å². The average molecular weight is 319 g/mol. The lowest BCUT2D eigenvalue weighted by Crippen LogP contribution is -2.23. The Balaban J connectivity index is 2.22. The van der Waals surface area contributed by atoms with Crippen molar-refractivity contribution in [1.82, 2.24) is 4.98 Å². The summed E-state index contributed by atoms with van der Waals surface area (Å²) in [5, 5.41) is 7.58. The number of nitrogens with two attached hydrogens (primary N) is 1. The third-order valence-corrected chi connectivity index (χ3v) is 3.30. The maximum atomic E-state index is 7.58. The number of nitrogen functional groups attached to an aromatic ring is 1. The SMILES string of the molecule is CN(Cc1ccc(Br)cc1)c1ncccc1C(=N)N. The van der Waals surface area contributed by atoms with Crippen molar-refractivity contribution in [2.24, 2.45) is 5.73 Å². The standard InChI is InChI=1S/C14H15BrN4/c1-19(9-10-4-6-11(15)7-5-10)14-12(13(16)17)3-2-8-18-14/h2-8H,9H2,1H3,(H3,16,17). The number of amidine groups is 1. The highest BCUT2D eigenvalue weighted by Crippen LogP contribution is 2.18. The highest BCUT2D eigenvalue weighted by Gasteiger charge is 2.11. The van der Waals surface area contributed by atoms with Gasteiger partial charge in [-0.25, -0.2) is 4.98 Å². The summed E-state index contributed by atoms with van der Waals surface area (Å²) in [6.45, 7) is 0.713. The Bertz CT molecular complexity index is 580. The van der Waals surface area contributed by atoms with E-state index in [9.17, 15) is 0 Å².